The molecular formula is C15H18N4. The minimum absolute atomic E-state index is 0.566. The third-order valence-electron chi connectivity index (χ3n) is 3.48. The van der Waals surface area contributed by atoms with E-state index in [1.54, 1.807) is 6.20 Å². The third kappa shape index (κ3) is 2.72. The molecule has 0 radical (unpaired) electrons. The molecule has 2 unspecified atom stereocenters. The fourth-order valence-corrected chi connectivity index (χ4v) is 2.08. The molecule has 4 heteroatoms. The minimum atomic E-state index is 0.566. The van der Waals surface area contributed by atoms with Crippen LogP contribution in [-0.4, -0.2) is 21.0 Å². The van der Waals surface area contributed by atoms with Crippen LogP contribution in [-0.2, 0) is 6.42 Å². The molecule has 3 rings (SSSR count). The van der Waals surface area contributed by atoms with E-state index in [1.165, 1.54) is 6.42 Å². The molecule has 19 heavy (non-hydrogen) atoms. The lowest BCUT2D eigenvalue weighted by Gasteiger charge is -2.08. The van der Waals surface area contributed by atoms with E-state index in [-0.39, 0.29) is 0 Å². The Kier molecular flexibility index (Phi) is 3.15. The molecule has 1 aliphatic rings. The van der Waals surface area contributed by atoms with Gasteiger partial charge < -0.3 is 5.32 Å². The quantitative estimate of drug-likeness (QED) is 0.911. The predicted molar refractivity (Wildman–Crippen MR) is 75.8 cm³/mol. The lowest BCUT2D eigenvalue weighted by atomic mass is 10.2. The lowest BCUT2D eigenvalue weighted by molar-refractivity contribution is 0.916. The number of nitrogens with one attached hydrogen (secondary N) is 1. The second-order valence-electron chi connectivity index (χ2n) is 5.10. The molecular weight excluding hydrogens is 236 g/mol. The van der Waals surface area contributed by atoms with Crippen LogP contribution in [0.1, 0.15) is 26.0 Å². The SMILES string of the molecule is CCc1cc(NC2CC2C)nc(-c2ccccn2)n1. The second kappa shape index (κ2) is 4.96. The molecule has 2 aromatic rings. The van der Waals surface area contributed by atoms with Gasteiger partial charge in [-0.3, -0.25) is 4.98 Å². The number of hydrogen-bond donors (Lipinski definition) is 1. The Bertz CT molecular complexity index is 568. The van der Waals surface area contributed by atoms with Gasteiger partial charge in [0.05, 0.1) is 0 Å². The van der Waals surface area contributed by atoms with Crippen LogP contribution in [0.2, 0.25) is 0 Å². The molecule has 0 spiro atoms. The van der Waals surface area contributed by atoms with Gasteiger partial charge in [0.15, 0.2) is 5.82 Å². The Hall–Kier alpha value is -1.97. The van der Waals surface area contributed by atoms with Gasteiger partial charge >= 0.3 is 0 Å². The zero-order valence-electron chi connectivity index (χ0n) is 11.3. The highest BCUT2D eigenvalue weighted by molar-refractivity contribution is 5.53. The highest BCUT2D eigenvalue weighted by Gasteiger charge is 2.32. The molecule has 0 aliphatic heterocycles. The molecule has 98 valence electrons. The Balaban J connectivity index is 1.93. The van der Waals surface area contributed by atoms with Crippen LogP contribution in [0.25, 0.3) is 11.5 Å². The summed E-state index contributed by atoms with van der Waals surface area (Å²) < 4.78 is 0. The molecule has 0 amide bonds. The van der Waals surface area contributed by atoms with E-state index in [2.05, 4.69) is 34.1 Å². The normalized spacial score (nSPS) is 21.2. The summed E-state index contributed by atoms with van der Waals surface area (Å²) in [6.07, 6.45) is 3.90. The zero-order valence-corrected chi connectivity index (χ0v) is 11.3. The number of aryl methyl sites for hydroxylation is 1. The van der Waals surface area contributed by atoms with Crippen LogP contribution in [0.15, 0.2) is 30.5 Å². The van der Waals surface area contributed by atoms with Gasteiger partial charge in [-0.05, 0) is 30.9 Å². The number of aromatic nitrogens is 3. The first kappa shape index (κ1) is 12.1. The van der Waals surface area contributed by atoms with Crippen molar-refractivity contribution in [3.05, 3.63) is 36.2 Å². The lowest BCUT2D eigenvalue weighted by Crippen LogP contribution is -2.08. The monoisotopic (exact) mass is 254 g/mol. The molecule has 1 saturated carbocycles. The number of anilines is 1. The van der Waals surface area contributed by atoms with Gasteiger partial charge in [-0.2, -0.15) is 0 Å². The van der Waals surface area contributed by atoms with Crippen molar-refractivity contribution < 1.29 is 0 Å². The molecule has 2 aromatic heterocycles. The van der Waals surface area contributed by atoms with Crippen LogP contribution in [0.3, 0.4) is 0 Å². The highest BCUT2D eigenvalue weighted by atomic mass is 15.1. The summed E-state index contributed by atoms with van der Waals surface area (Å²) in [5, 5.41) is 3.47. The van der Waals surface area contributed by atoms with Crippen molar-refractivity contribution in [1.82, 2.24) is 15.0 Å². The first-order valence-corrected chi connectivity index (χ1v) is 6.82. The van der Waals surface area contributed by atoms with Crippen molar-refractivity contribution >= 4 is 5.82 Å². The van der Waals surface area contributed by atoms with E-state index in [0.29, 0.717) is 11.9 Å². The van der Waals surface area contributed by atoms with Crippen molar-refractivity contribution in [2.24, 2.45) is 5.92 Å². The molecule has 4 nitrogen and oxygen atoms in total. The minimum Gasteiger partial charge on any atom is -0.367 e. The summed E-state index contributed by atoms with van der Waals surface area (Å²) in [5.74, 6) is 2.37. The van der Waals surface area contributed by atoms with E-state index in [0.717, 1.165) is 29.5 Å². The second-order valence-corrected chi connectivity index (χ2v) is 5.10. The van der Waals surface area contributed by atoms with Gasteiger partial charge in [0.2, 0.25) is 0 Å². The maximum atomic E-state index is 4.58. The van der Waals surface area contributed by atoms with Crippen LogP contribution in [0, 0.1) is 5.92 Å². The van der Waals surface area contributed by atoms with Gasteiger partial charge in [-0.25, -0.2) is 9.97 Å². The summed E-state index contributed by atoms with van der Waals surface area (Å²) in [5.41, 5.74) is 1.87. The van der Waals surface area contributed by atoms with Gasteiger partial charge in [0.1, 0.15) is 11.5 Å². The van der Waals surface area contributed by atoms with Crippen LogP contribution in [0.4, 0.5) is 5.82 Å². The van der Waals surface area contributed by atoms with Gasteiger partial charge in [0.25, 0.3) is 0 Å². The van der Waals surface area contributed by atoms with E-state index in [9.17, 15) is 0 Å². The first-order chi connectivity index (χ1) is 9.26. The van der Waals surface area contributed by atoms with Crippen LogP contribution in [0.5, 0.6) is 0 Å². The summed E-state index contributed by atoms with van der Waals surface area (Å²) in [4.78, 5) is 13.5. The molecule has 2 atom stereocenters. The first-order valence-electron chi connectivity index (χ1n) is 6.82. The van der Waals surface area contributed by atoms with Gasteiger partial charge in [-0.1, -0.05) is 19.9 Å². The van der Waals surface area contributed by atoms with Crippen molar-refractivity contribution in [2.45, 2.75) is 32.7 Å². The Labute approximate surface area is 113 Å². The van der Waals surface area contributed by atoms with E-state index < -0.39 is 0 Å². The molecule has 1 N–H and O–H groups in total. The molecule has 1 fully saturated rings. The third-order valence-corrected chi connectivity index (χ3v) is 3.48. The summed E-state index contributed by atoms with van der Waals surface area (Å²) in [7, 11) is 0. The molecule has 0 saturated heterocycles. The Morgan fingerprint density at radius 1 is 1.32 bits per heavy atom. The van der Waals surface area contributed by atoms with Gasteiger partial charge in [-0.15, -0.1) is 0 Å². The predicted octanol–water partition coefficient (Wildman–Crippen LogP) is 2.92. The summed E-state index contributed by atoms with van der Waals surface area (Å²) in [6, 6.07) is 8.41. The van der Waals surface area contributed by atoms with Crippen molar-refractivity contribution in [1.29, 1.82) is 0 Å². The van der Waals surface area contributed by atoms with Crippen LogP contribution >= 0.6 is 0 Å². The molecule has 0 bridgehead atoms. The summed E-state index contributed by atoms with van der Waals surface area (Å²) in [6.45, 7) is 4.35. The van der Waals surface area contributed by atoms with E-state index in [1.807, 2.05) is 24.3 Å². The molecule has 0 aromatic carbocycles. The Morgan fingerprint density at radius 2 is 2.16 bits per heavy atom. The standard InChI is InChI=1S/C15H18N4/c1-3-11-9-14(18-13-8-10(13)2)19-15(17-11)12-6-4-5-7-16-12/h4-7,9-10,13H,3,8H2,1-2H3,(H,17,18,19). The maximum Gasteiger partial charge on any atom is 0.180 e. The Morgan fingerprint density at radius 3 is 2.79 bits per heavy atom. The van der Waals surface area contributed by atoms with E-state index in [4.69, 9.17) is 0 Å². The largest absolute Gasteiger partial charge is 0.367 e. The zero-order chi connectivity index (χ0) is 13.2. The number of nitrogens with zero attached hydrogens (tertiary/aromatic N) is 3. The smallest absolute Gasteiger partial charge is 0.180 e. The molecule has 1 aliphatic carbocycles. The highest BCUT2D eigenvalue weighted by Crippen LogP contribution is 2.32. The van der Waals surface area contributed by atoms with E-state index >= 15 is 0 Å². The van der Waals surface area contributed by atoms with Gasteiger partial charge in [0, 0.05) is 24.0 Å². The topological polar surface area (TPSA) is 50.7 Å². The number of pyridine rings is 1. The maximum absolute atomic E-state index is 4.58. The summed E-state index contributed by atoms with van der Waals surface area (Å²) >= 11 is 0. The van der Waals surface area contributed by atoms with Crippen LogP contribution < -0.4 is 5.32 Å². The average molecular weight is 254 g/mol. The average Bonchev–Trinajstić information content (AvgIpc) is 3.14. The molecule has 2 heterocycles. The van der Waals surface area contributed by atoms with Crippen molar-refractivity contribution in [2.75, 3.05) is 5.32 Å². The van der Waals surface area contributed by atoms with Crippen molar-refractivity contribution in [3.8, 4) is 11.5 Å². The van der Waals surface area contributed by atoms with Crippen molar-refractivity contribution in [3.63, 3.8) is 0 Å². The fourth-order valence-electron chi connectivity index (χ4n) is 2.08. The number of rotatable bonds is 4. The number of hydrogen-bond acceptors (Lipinski definition) is 4. The fraction of sp³-hybridized carbons (Fsp3) is 0.400.